The summed E-state index contributed by atoms with van der Waals surface area (Å²) in [5.74, 6) is 0. The summed E-state index contributed by atoms with van der Waals surface area (Å²) in [5.41, 5.74) is 0. The number of methoxy groups -OCH3 is 2. The fraction of sp³-hybridized carbons (Fsp3) is 0.889. The molecule has 0 aromatic rings. The molecule has 0 fully saturated rings. The minimum atomic E-state index is 0.547. The summed E-state index contributed by atoms with van der Waals surface area (Å²) in [6.45, 7) is 4.59. The van der Waals surface area contributed by atoms with Crippen LogP contribution in [-0.4, -0.2) is 38.3 Å². The van der Waals surface area contributed by atoms with E-state index in [0.29, 0.717) is 4.32 Å². The minimum absolute atomic E-state index is 0.547. The molecule has 0 bridgehead atoms. The van der Waals surface area contributed by atoms with Crippen molar-refractivity contribution in [2.45, 2.75) is 19.8 Å². The van der Waals surface area contributed by atoms with Crippen LogP contribution in [0.4, 0.5) is 0 Å². The molecule has 0 rings (SSSR count). The van der Waals surface area contributed by atoms with Gasteiger partial charge in [-0.2, -0.15) is 0 Å². The average molecular weight is 239 g/mol. The van der Waals surface area contributed by atoms with E-state index in [1.54, 1.807) is 14.2 Å². The average Bonchev–Trinajstić information content (AvgIpc) is 2.15. The highest BCUT2D eigenvalue weighted by Gasteiger charge is 1.85. The Hall–Kier alpha value is 0.160. The Balaban J connectivity index is 0. The maximum atomic E-state index is 4.82. The highest BCUT2D eigenvalue weighted by molar-refractivity contribution is 8.11. The molecule has 0 aliphatic carbocycles. The van der Waals surface area contributed by atoms with Gasteiger partial charge in [0.1, 0.15) is 4.32 Å². The number of ether oxygens (including phenoxy) is 2. The van der Waals surface area contributed by atoms with E-state index < -0.39 is 0 Å². The maximum absolute atomic E-state index is 4.82. The maximum Gasteiger partial charge on any atom is 0.130 e. The Morgan fingerprint density at radius 3 is 2.14 bits per heavy atom. The molecular weight excluding hydrogens is 218 g/mol. The van der Waals surface area contributed by atoms with E-state index in [9.17, 15) is 0 Å². The zero-order chi connectivity index (χ0) is 11.2. The van der Waals surface area contributed by atoms with Gasteiger partial charge in [-0.1, -0.05) is 19.1 Å². The zero-order valence-corrected chi connectivity index (χ0v) is 10.9. The summed E-state index contributed by atoms with van der Waals surface area (Å²) in [7, 11) is 3.39. The molecule has 0 aromatic carbocycles. The number of hydrogen-bond acceptors (Lipinski definition) is 3. The number of thiol groups is 1. The van der Waals surface area contributed by atoms with Crippen LogP contribution in [0, 0.1) is 0 Å². The van der Waals surface area contributed by atoms with Gasteiger partial charge in [-0.25, -0.2) is 0 Å². The number of hydrogen-bond donors (Lipinski definition) is 2. The Labute approximate surface area is 98.0 Å². The van der Waals surface area contributed by atoms with Crippen LogP contribution in [0.15, 0.2) is 0 Å². The molecule has 3 nitrogen and oxygen atoms in total. The van der Waals surface area contributed by atoms with Crippen LogP contribution in [0.25, 0.3) is 0 Å². The van der Waals surface area contributed by atoms with Crippen LogP contribution >= 0.6 is 24.8 Å². The van der Waals surface area contributed by atoms with Gasteiger partial charge in [0.25, 0.3) is 0 Å². The molecule has 0 spiro atoms. The minimum Gasteiger partial charge on any atom is -0.385 e. The van der Waals surface area contributed by atoms with Gasteiger partial charge in [0.15, 0.2) is 0 Å². The first kappa shape index (κ1) is 16.6. The second-order valence-corrected chi connectivity index (χ2v) is 3.73. The van der Waals surface area contributed by atoms with Gasteiger partial charge in [-0.15, -0.1) is 12.6 Å². The molecule has 0 saturated carbocycles. The largest absolute Gasteiger partial charge is 0.385 e. The molecule has 0 atom stereocenters. The van der Waals surface area contributed by atoms with Crippen molar-refractivity contribution in [3.8, 4) is 0 Å². The second-order valence-electron chi connectivity index (χ2n) is 2.57. The number of thiocarbonyl (C=S) groups is 1. The third-order valence-corrected chi connectivity index (χ3v) is 1.51. The van der Waals surface area contributed by atoms with Crippen molar-refractivity contribution in [1.82, 2.24) is 5.32 Å². The molecule has 0 unspecified atom stereocenters. The molecule has 0 aromatic heterocycles. The molecule has 0 radical (unpaired) electrons. The second kappa shape index (κ2) is 15.6. The lowest BCUT2D eigenvalue weighted by atomic mass is 10.5. The number of rotatable bonds is 6. The smallest absolute Gasteiger partial charge is 0.130 e. The predicted octanol–water partition coefficient (Wildman–Crippen LogP) is 1.87. The number of nitrogens with one attached hydrogen (secondary N) is 1. The molecule has 0 aliphatic heterocycles. The Morgan fingerprint density at radius 2 is 1.86 bits per heavy atom. The first-order valence-electron chi connectivity index (χ1n) is 4.63. The van der Waals surface area contributed by atoms with Gasteiger partial charge in [-0.3, -0.25) is 0 Å². The van der Waals surface area contributed by atoms with E-state index in [1.165, 1.54) is 0 Å². The molecule has 0 saturated heterocycles. The van der Waals surface area contributed by atoms with Crippen LogP contribution in [0.5, 0.6) is 0 Å². The van der Waals surface area contributed by atoms with E-state index in [0.717, 1.165) is 32.6 Å². The van der Waals surface area contributed by atoms with E-state index in [2.05, 4.69) is 37.1 Å². The summed E-state index contributed by atoms with van der Waals surface area (Å²) >= 11 is 8.54. The van der Waals surface area contributed by atoms with Crippen molar-refractivity contribution < 1.29 is 9.47 Å². The third-order valence-electron chi connectivity index (χ3n) is 1.21. The molecule has 0 aliphatic rings. The predicted molar refractivity (Wildman–Crippen MR) is 68.2 cm³/mol. The highest BCUT2D eigenvalue weighted by Crippen LogP contribution is 1.80. The van der Waals surface area contributed by atoms with Crippen molar-refractivity contribution >= 4 is 29.2 Å². The SMILES string of the molecule is CCCOC.COCCCNC(=S)S. The molecule has 0 heterocycles. The molecule has 14 heavy (non-hydrogen) atoms. The third kappa shape index (κ3) is 22.7. The molecular formula is C9H21NO2S2. The topological polar surface area (TPSA) is 30.5 Å². The summed E-state index contributed by atoms with van der Waals surface area (Å²) in [6.07, 6.45) is 2.09. The van der Waals surface area contributed by atoms with Crippen LogP contribution in [-0.2, 0) is 9.47 Å². The molecule has 86 valence electrons. The lowest BCUT2D eigenvalue weighted by Crippen LogP contribution is -2.18. The standard InChI is InChI=1S/C5H11NOS2.C4H10O/c1-7-4-2-3-6-5(8)9;1-3-4-5-2/h2-4H2,1H3,(H2,6,8,9);3-4H2,1-2H3. The van der Waals surface area contributed by atoms with Crippen molar-refractivity contribution in [2.75, 3.05) is 34.0 Å². The fourth-order valence-electron chi connectivity index (χ4n) is 0.616. The van der Waals surface area contributed by atoms with Crippen molar-refractivity contribution in [1.29, 1.82) is 0 Å². The van der Waals surface area contributed by atoms with Gasteiger partial charge in [0, 0.05) is 34.0 Å². The van der Waals surface area contributed by atoms with Gasteiger partial charge < -0.3 is 14.8 Å². The van der Waals surface area contributed by atoms with Crippen LogP contribution in [0.3, 0.4) is 0 Å². The van der Waals surface area contributed by atoms with E-state index in [-0.39, 0.29) is 0 Å². The summed E-state index contributed by atoms with van der Waals surface area (Å²) in [6, 6.07) is 0. The van der Waals surface area contributed by atoms with Crippen molar-refractivity contribution in [3.63, 3.8) is 0 Å². The van der Waals surface area contributed by atoms with E-state index >= 15 is 0 Å². The van der Waals surface area contributed by atoms with Crippen LogP contribution in [0.1, 0.15) is 19.8 Å². The molecule has 1 N–H and O–H groups in total. The Morgan fingerprint density at radius 1 is 1.29 bits per heavy atom. The van der Waals surface area contributed by atoms with E-state index in [1.807, 2.05) is 0 Å². The summed E-state index contributed by atoms with van der Waals surface area (Å²) in [5, 5.41) is 2.90. The zero-order valence-electron chi connectivity index (χ0n) is 9.21. The van der Waals surface area contributed by atoms with Crippen LogP contribution in [0.2, 0.25) is 0 Å². The molecule has 5 heteroatoms. The fourth-order valence-corrected chi connectivity index (χ4v) is 0.830. The summed E-state index contributed by atoms with van der Waals surface area (Å²) in [4.78, 5) is 0. The lowest BCUT2D eigenvalue weighted by Gasteiger charge is -2.00. The van der Waals surface area contributed by atoms with E-state index in [4.69, 9.17) is 9.47 Å². The van der Waals surface area contributed by atoms with Gasteiger partial charge in [0.05, 0.1) is 0 Å². The van der Waals surface area contributed by atoms with Gasteiger partial charge >= 0.3 is 0 Å². The molecule has 0 amide bonds. The normalized spacial score (nSPS) is 8.86. The highest BCUT2D eigenvalue weighted by atomic mass is 32.1. The van der Waals surface area contributed by atoms with Crippen molar-refractivity contribution in [2.24, 2.45) is 0 Å². The summed E-state index contributed by atoms with van der Waals surface area (Å²) < 4.78 is 10.1. The van der Waals surface area contributed by atoms with Gasteiger partial charge in [-0.05, 0) is 12.8 Å². The Kier molecular flexibility index (Phi) is 18.5. The monoisotopic (exact) mass is 239 g/mol. The first-order chi connectivity index (χ1) is 6.68. The van der Waals surface area contributed by atoms with Gasteiger partial charge in [0.2, 0.25) is 0 Å². The lowest BCUT2D eigenvalue weighted by molar-refractivity contribution is 0.196. The van der Waals surface area contributed by atoms with Crippen LogP contribution < -0.4 is 5.32 Å². The van der Waals surface area contributed by atoms with Crippen molar-refractivity contribution in [3.05, 3.63) is 0 Å². The Bertz CT molecular complexity index is 121. The first-order valence-corrected chi connectivity index (χ1v) is 5.49. The quantitative estimate of drug-likeness (QED) is 0.421.